The summed E-state index contributed by atoms with van der Waals surface area (Å²) in [6.07, 6.45) is 0.568. The minimum atomic E-state index is -0.516. The van der Waals surface area contributed by atoms with Gasteiger partial charge in [-0.15, -0.1) is 0 Å². The summed E-state index contributed by atoms with van der Waals surface area (Å²) >= 11 is 0. The van der Waals surface area contributed by atoms with Crippen molar-refractivity contribution in [2.45, 2.75) is 24.7 Å². The van der Waals surface area contributed by atoms with Crippen LogP contribution in [0.2, 0.25) is 0 Å². The number of carbonyl (C=O) groups excluding carboxylic acids is 2. The predicted octanol–water partition coefficient (Wildman–Crippen LogP) is 4.31. The zero-order valence-electron chi connectivity index (χ0n) is 19.6. The molecule has 2 bridgehead atoms. The highest BCUT2D eigenvalue weighted by molar-refractivity contribution is 6.08. The van der Waals surface area contributed by atoms with Crippen molar-refractivity contribution in [1.29, 1.82) is 0 Å². The van der Waals surface area contributed by atoms with Crippen molar-refractivity contribution in [2.24, 2.45) is 11.8 Å². The Bertz CT molecular complexity index is 1280. The van der Waals surface area contributed by atoms with E-state index in [4.69, 9.17) is 9.47 Å². The third-order valence-electron chi connectivity index (χ3n) is 8.21. The summed E-state index contributed by atoms with van der Waals surface area (Å²) < 4.78 is 10.7. The van der Waals surface area contributed by atoms with Gasteiger partial charge < -0.3 is 9.47 Å². The maximum absolute atomic E-state index is 13.9. The summed E-state index contributed by atoms with van der Waals surface area (Å²) in [6.45, 7) is 2.51. The molecule has 0 saturated carbocycles. The highest BCUT2D eigenvalue weighted by atomic mass is 16.5. The summed E-state index contributed by atoms with van der Waals surface area (Å²) in [5, 5.41) is 0. The number of likely N-dealkylation sites (tertiary alicyclic amines) is 1. The van der Waals surface area contributed by atoms with Crippen LogP contribution in [0.25, 0.3) is 0 Å². The van der Waals surface area contributed by atoms with E-state index in [0.717, 1.165) is 5.56 Å². The first kappa shape index (κ1) is 21.0. The topological polar surface area (TPSA) is 55.8 Å². The number of rotatable bonds is 5. The van der Waals surface area contributed by atoms with Gasteiger partial charge in [-0.05, 0) is 46.4 Å². The van der Waals surface area contributed by atoms with Crippen LogP contribution < -0.4 is 9.47 Å². The van der Waals surface area contributed by atoms with Crippen molar-refractivity contribution in [3.63, 3.8) is 0 Å². The fourth-order valence-electron chi connectivity index (χ4n) is 6.71. The molecule has 172 valence electrons. The molecule has 34 heavy (non-hydrogen) atoms. The highest BCUT2D eigenvalue weighted by Gasteiger charge is 2.66. The van der Waals surface area contributed by atoms with Crippen molar-refractivity contribution in [3.8, 4) is 11.5 Å². The standard InChI is InChI=1S/C29H27NO4/c1-29-20-10-6-4-8-18(20)24(19-9-5-7-11-21(19)29)25-26(29)28(32)30(27(25)31)15-14-17-12-13-22(33-2)23(16-17)34-3/h4-13,16,24-26H,14-15H2,1-3H3. The fraction of sp³-hybridized carbons (Fsp3) is 0.310. The summed E-state index contributed by atoms with van der Waals surface area (Å²) in [4.78, 5) is 29.2. The van der Waals surface area contributed by atoms with Crippen LogP contribution in [0.1, 0.15) is 40.7 Å². The van der Waals surface area contributed by atoms with Crippen molar-refractivity contribution in [2.75, 3.05) is 20.8 Å². The Kier molecular flexibility index (Phi) is 4.60. The molecule has 2 unspecified atom stereocenters. The molecule has 3 aromatic carbocycles. The molecule has 5 nitrogen and oxygen atoms in total. The summed E-state index contributed by atoms with van der Waals surface area (Å²) in [5.41, 5.74) is 5.22. The normalized spacial score (nSPS) is 26.2. The maximum Gasteiger partial charge on any atom is 0.234 e. The second-order valence-corrected chi connectivity index (χ2v) is 9.63. The van der Waals surface area contributed by atoms with Gasteiger partial charge >= 0.3 is 0 Å². The van der Waals surface area contributed by atoms with E-state index < -0.39 is 5.41 Å². The maximum atomic E-state index is 13.9. The second kappa shape index (κ2) is 7.45. The van der Waals surface area contributed by atoms with Gasteiger partial charge in [0.05, 0.1) is 26.1 Å². The summed E-state index contributed by atoms with van der Waals surface area (Å²) in [7, 11) is 3.21. The van der Waals surface area contributed by atoms with Crippen LogP contribution >= 0.6 is 0 Å². The van der Waals surface area contributed by atoms with E-state index in [1.165, 1.54) is 27.2 Å². The van der Waals surface area contributed by atoms with E-state index in [9.17, 15) is 9.59 Å². The lowest BCUT2D eigenvalue weighted by atomic mass is 9.48. The Morgan fingerprint density at radius 1 is 0.824 bits per heavy atom. The Labute approximate surface area is 199 Å². The summed E-state index contributed by atoms with van der Waals surface area (Å²) in [6, 6.07) is 22.4. The number of hydrogen-bond donors (Lipinski definition) is 0. The van der Waals surface area contributed by atoms with Crippen LogP contribution in [0.15, 0.2) is 66.7 Å². The van der Waals surface area contributed by atoms with Crippen LogP contribution in [0.4, 0.5) is 0 Å². The number of hydrogen-bond acceptors (Lipinski definition) is 4. The average Bonchev–Trinajstić information content (AvgIpc) is 3.13. The molecule has 4 aliphatic rings. The third-order valence-corrected chi connectivity index (χ3v) is 8.21. The molecule has 2 amide bonds. The van der Waals surface area contributed by atoms with E-state index in [0.29, 0.717) is 24.5 Å². The number of imide groups is 1. The number of methoxy groups -OCH3 is 2. The predicted molar refractivity (Wildman–Crippen MR) is 128 cm³/mol. The number of carbonyl (C=O) groups is 2. The van der Waals surface area contributed by atoms with Gasteiger partial charge in [0.2, 0.25) is 11.8 Å². The lowest BCUT2D eigenvalue weighted by molar-refractivity contribution is -0.140. The summed E-state index contributed by atoms with van der Waals surface area (Å²) in [5.74, 6) is 0.396. The van der Waals surface area contributed by atoms with E-state index in [1.807, 2.05) is 42.5 Å². The lowest BCUT2D eigenvalue weighted by Gasteiger charge is -2.52. The average molecular weight is 454 g/mol. The van der Waals surface area contributed by atoms with Gasteiger partial charge in [0.1, 0.15) is 0 Å². The van der Waals surface area contributed by atoms with Crippen LogP contribution in [-0.2, 0) is 21.4 Å². The fourth-order valence-corrected chi connectivity index (χ4v) is 6.71. The first-order valence-corrected chi connectivity index (χ1v) is 11.8. The number of nitrogens with zero attached hydrogens (tertiary/aromatic N) is 1. The first-order valence-electron chi connectivity index (χ1n) is 11.8. The quantitative estimate of drug-likeness (QED) is 0.540. The van der Waals surface area contributed by atoms with Gasteiger partial charge in [-0.2, -0.15) is 0 Å². The lowest BCUT2D eigenvalue weighted by Crippen LogP contribution is -2.51. The van der Waals surface area contributed by atoms with Gasteiger partial charge in [-0.1, -0.05) is 61.5 Å². The molecule has 2 atom stereocenters. The molecule has 3 aliphatic carbocycles. The van der Waals surface area contributed by atoms with Gasteiger partial charge in [0, 0.05) is 17.9 Å². The number of benzene rings is 3. The second-order valence-electron chi connectivity index (χ2n) is 9.63. The van der Waals surface area contributed by atoms with Gasteiger partial charge in [0.15, 0.2) is 11.5 Å². The zero-order chi connectivity index (χ0) is 23.6. The van der Waals surface area contributed by atoms with Crippen LogP contribution in [0, 0.1) is 11.8 Å². The molecule has 1 saturated heterocycles. The third kappa shape index (κ3) is 2.61. The van der Waals surface area contributed by atoms with E-state index in [-0.39, 0.29) is 29.6 Å². The minimum absolute atomic E-state index is 0.0456. The van der Waals surface area contributed by atoms with Crippen molar-refractivity contribution in [3.05, 3.63) is 94.5 Å². The minimum Gasteiger partial charge on any atom is -0.493 e. The highest BCUT2D eigenvalue weighted by Crippen LogP contribution is 2.63. The van der Waals surface area contributed by atoms with Crippen LogP contribution in [-0.4, -0.2) is 37.5 Å². The largest absolute Gasteiger partial charge is 0.493 e. The molecule has 1 aliphatic heterocycles. The molecule has 0 radical (unpaired) electrons. The molecular formula is C29H27NO4. The molecule has 0 N–H and O–H groups in total. The monoisotopic (exact) mass is 453 g/mol. The molecule has 5 heteroatoms. The Morgan fingerprint density at radius 3 is 2.06 bits per heavy atom. The van der Waals surface area contributed by atoms with E-state index >= 15 is 0 Å². The van der Waals surface area contributed by atoms with Gasteiger partial charge in [-0.3, -0.25) is 14.5 Å². The zero-order valence-corrected chi connectivity index (χ0v) is 19.6. The molecule has 7 rings (SSSR count). The van der Waals surface area contributed by atoms with Gasteiger partial charge in [0.25, 0.3) is 0 Å². The van der Waals surface area contributed by atoms with Crippen LogP contribution in [0.3, 0.4) is 0 Å². The molecule has 0 spiro atoms. The van der Waals surface area contributed by atoms with E-state index in [1.54, 1.807) is 14.2 Å². The van der Waals surface area contributed by atoms with Crippen molar-refractivity contribution in [1.82, 2.24) is 4.90 Å². The molecule has 1 fully saturated rings. The molecule has 1 heterocycles. The Balaban J connectivity index is 1.37. The van der Waals surface area contributed by atoms with Crippen molar-refractivity contribution >= 4 is 11.8 Å². The van der Waals surface area contributed by atoms with E-state index in [2.05, 4.69) is 31.2 Å². The Hall–Kier alpha value is -3.60. The molecule has 0 aromatic heterocycles. The molecule has 3 aromatic rings. The Morgan fingerprint density at radius 2 is 1.44 bits per heavy atom. The molecular weight excluding hydrogens is 426 g/mol. The van der Waals surface area contributed by atoms with Crippen molar-refractivity contribution < 1.29 is 19.1 Å². The van der Waals surface area contributed by atoms with Crippen LogP contribution in [0.5, 0.6) is 11.5 Å². The number of ether oxygens (including phenoxy) is 2. The first-order chi connectivity index (χ1) is 16.5. The number of amides is 2. The SMILES string of the molecule is COc1ccc(CCN2C(=O)C3C4c5ccccc5C(C)(c5ccccc54)C3C2=O)cc1OC. The smallest absolute Gasteiger partial charge is 0.234 e. The van der Waals surface area contributed by atoms with Gasteiger partial charge in [-0.25, -0.2) is 0 Å².